The number of rotatable bonds is 7. The third-order valence-electron chi connectivity index (χ3n) is 17.6. The number of hydrogen-bond donors (Lipinski definition) is 9. The Balaban J connectivity index is 1.15. The Morgan fingerprint density at radius 3 is 2.05 bits per heavy atom. The molecule has 8 fully saturated rings. The molecule has 14 nitrogen and oxygen atoms in total. The second-order valence-corrected chi connectivity index (χ2v) is 21.1. The predicted molar refractivity (Wildman–Crippen MR) is 194 cm³/mol. The lowest BCUT2D eigenvalue weighted by atomic mass is 9.41. The summed E-state index contributed by atoms with van der Waals surface area (Å²) in [6.07, 6.45) is -7.48. The molecule has 3 saturated heterocycles. The van der Waals surface area contributed by atoms with E-state index in [1.54, 1.807) is 13.8 Å². The minimum absolute atomic E-state index is 0.0633. The van der Waals surface area contributed by atoms with E-state index in [1.807, 2.05) is 0 Å². The molecule has 21 atom stereocenters. The highest BCUT2D eigenvalue weighted by Gasteiger charge is 2.85. The van der Waals surface area contributed by atoms with Crippen LogP contribution in [0, 0.1) is 44.8 Å². The Bertz CT molecular complexity index is 1460. The molecule has 316 valence electrons. The molecule has 0 amide bonds. The molecule has 0 radical (unpaired) electrons. The van der Waals surface area contributed by atoms with Crippen molar-refractivity contribution in [3.05, 3.63) is 0 Å². The van der Waals surface area contributed by atoms with Crippen LogP contribution in [0.5, 0.6) is 0 Å². The summed E-state index contributed by atoms with van der Waals surface area (Å²) >= 11 is 0. The van der Waals surface area contributed by atoms with Gasteiger partial charge < -0.3 is 69.6 Å². The number of ether oxygens (including phenoxy) is 5. The van der Waals surface area contributed by atoms with Crippen molar-refractivity contribution in [2.45, 2.75) is 197 Å². The fourth-order valence-corrected chi connectivity index (χ4v) is 14.9. The van der Waals surface area contributed by atoms with Crippen molar-refractivity contribution < 1.29 is 69.6 Å². The van der Waals surface area contributed by atoms with Gasteiger partial charge in [0.1, 0.15) is 42.7 Å². The van der Waals surface area contributed by atoms with Crippen LogP contribution in [-0.2, 0) is 23.7 Å². The first kappa shape index (κ1) is 41.2. The van der Waals surface area contributed by atoms with E-state index in [0.29, 0.717) is 25.7 Å². The van der Waals surface area contributed by atoms with E-state index in [1.165, 1.54) is 0 Å². The Kier molecular flexibility index (Phi) is 9.90. The Hall–Kier alpha value is -0.560. The largest absolute Gasteiger partial charge is 0.394 e. The van der Waals surface area contributed by atoms with E-state index in [2.05, 4.69) is 34.6 Å². The van der Waals surface area contributed by atoms with E-state index in [9.17, 15) is 46.0 Å². The molecule has 9 N–H and O–H groups in total. The van der Waals surface area contributed by atoms with Crippen LogP contribution in [0.15, 0.2) is 0 Å². The molecule has 55 heavy (non-hydrogen) atoms. The van der Waals surface area contributed by atoms with E-state index in [4.69, 9.17) is 23.7 Å². The minimum atomic E-state index is -1.60. The fourth-order valence-electron chi connectivity index (χ4n) is 14.9. The van der Waals surface area contributed by atoms with Crippen molar-refractivity contribution in [3.8, 4) is 0 Å². The molecule has 0 aromatic rings. The van der Waals surface area contributed by atoms with E-state index in [0.717, 1.165) is 32.1 Å². The summed E-state index contributed by atoms with van der Waals surface area (Å²) in [6.45, 7) is 13.8. The lowest BCUT2D eigenvalue weighted by molar-refractivity contribution is -0.339. The summed E-state index contributed by atoms with van der Waals surface area (Å²) < 4.78 is 31.9. The Morgan fingerprint density at radius 1 is 0.709 bits per heavy atom. The molecule has 8 rings (SSSR count). The van der Waals surface area contributed by atoms with E-state index in [-0.39, 0.29) is 52.1 Å². The predicted octanol–water partition coefficient (Wildman–Crippen LogP) is 0.724. The van der Waals surface area contributed by atoms with Crippen LogP contribution in [0.3, 0.4) is 0 Å². The second-order valence-electron chi connectivity index (χ2n) is 21.1. The molecule has 0 bridgehead atoms. The van der Waals surface area contributed by atoms with Gasteiger partial charge in [-0.25, -0.2) is 0 Å². The first-order valence-electron chi connectivity index (χ1n) is 20.9. The second kappa shape index (κ2) is 13.2. The maximum absolute atomic E-state index is 12.2. The monoisotopic (exact) mass is 784 g/mol. The lowest BCUT2D eigenvalue weighted by Crippen LogP contribution is -2.65. The Labute approximate surface area is 324 Å². The van der Waals surface area contributed by atoms with Crippen molar-refractivity contribution in [2.75, 3.05) is 13.2 Å². The van der Waals surface area contributed by atoms with Gasteiger partial charge in [0.15, 0.2) is 12.6 Å². The molecule has 5 aliphatic carbocycles. The van der Waals surface area contributed by atoms with Crippen LogP contribution in [-0.4, -0.2) is 150 Å². The van der Waals surface area contributed by atoms with Crippen LogP contribution in [0.1, 0.15) is 106 Å². The molecular weight excluding hydrogens is 716 g/mol. The van der Waals surface area contributed by atoms with Gasteiger partial charge in [-0.1, -0.05) is 27.7 Å². The average molecular weight is 785 g/mol. The summed E-state index contributed by atoms with van der Waals surface area (Å²) in [4.78, 5) is 0. The Morgan fingerprint density at radius 2 is 1.40 bits per heavy atom. The van der Waals surface area contributed by atoms with Gasteiger partial charge >= 0.3 is 0 Å². The van der Waals surface area contributed by atoms with Crippen molar-refractivity contribution in [2.24, 2.45) is 44.8 Å². The summed E-state index contributed by atoms with van der Waals surface area (Å²) in [7, 11) is 0. The van der Waals surface area contributed by atoms with E-state index >= 15 is 0 Å². The molecule has 3 heterocycles. The van der Waals surface area contributed by atoms with Crippen molar-refractivity contribution in [1.29, 1.82) is 0 Å². The molecule has 0 aromatic carbocycles. The van der Waals surface area contributed by atoms with E-state index < -0.39 is 96.8 Å². The van der Waals surface area contributed by atoms with Gasteiger partial charge in [-0.3, -0.25) is 0 Å². The van der Waals surface area contributed by atoms with Crippen LogP contribution >= 0.6 is 0 Å². The van der Waals surface area contributed by atoms with Gasteiger partial charge in [0.2, 0.25) is 0 Å². The maximum Gasteiger partial charge on any atom is 0.186 e. The molecule has 8 aliphatic rings. The fraction of sp³-hybridized carbons (Fsp3) is 1.00. The average Bonchev–Trinajstić information content (AvgIpc) is 3.47. The summed E-state index contributed by atoms with van der Waals surface area (Å²) in [5.41, 5.74) is -3.16. The number of aliphatic hydroxyl groups is 9. The van der Waals surface area contributed by atoms with Gasteiger partial charge in [-0.05, 0) is 117 Å². The highest BCUT2D eigenvalue weighted by atomic mass is 16.7. The third kappa shape index (κ3) is 5.70. The van der Waals surface area contributed by atoms with Crippen LogP contribution in [0.2, 0.25) is 0 Å². The highest BCUT2D eigenvalue weighted by Crippen LogP contribution is 2.89. The summed E-state index contributed by atoms with van der Waals surface area (Å²) in [5, 5.41) is 97.2. The SMILES string of the molecule is CC(C)(O)[C@@H]1CC[C@](C)([C@H]2[C@H](O)C[C@@]3(C)[C@H]4C[C@@H](O[C@@H]5O[C@H](CO)[C@@H](O)[C@H](O)[C@H]5O)[C@H]5C(C)(C)[C@H](O[C@@H]6OC[C@@H](O)[C@H](O)[C@H]6O)CC[C@@]56C[C@@]46CC[C@]23C)O1. The standard InChI is InChI=1S/C41H68O14/c1-35(2)24(54-33-29(48)26(45)20(44)17-51-33)9-11-41-18-40(41)13-12-37(5)31(39(7)10-8-25(55-39)36(3,4)50)19(43)15-38(37,6)23(40)14-21(32(35)41)52-34-30(49)28(47)27(46)22(16-42)53-34/h19-34,42-50H,8-18H2,1-7H3/t19-,20-,21-,22-,23-,24-,25+,26+,27-,28+,29-,30-,31+,32+,33+,34-,37-,38+,39-,40+,41-/m1/s1. The number of aliphatic hydroxyl groups excluding tert-OH is 8. The minimum Gasteiger partial charge on any atom is -0.394 e. The molecule has 14 heteroatoms. The van der Waals surface area contributed by atoms with Gasteiger partial charge in [0, 0.05) is 5.92 Å². The summed E-state index contributed by atoms with van der Waals surface area (Å²) in [5.74, 6) is -0.215. The maximum atomic E-state index is 12.2. The quantitative estimate of drug-likeness (QED) is 0.162. The van der Waals surface area contributed by atoms with Crippen molar-refractivity contribution in [3.63, 3.8) is 0 Å². The first-order valence-corrected chi connectivity index (χ1v) is 20.9. The molecule has 0 unspecified atom stereocenters. The zero-order valence-electron chi connectivity index (χ0n) is 33.6. The smallest absolute Gasteiger partial charge is 0.186 e. The molecule has 3 aliphatic heterocycles. The van der Waals surface area contributed by atoms with Crippen molar-refractivity contribution in [1.82, 2.24) is 0 Å². The topological polar surface area (TPSA) is 228 Å². The van der Waals surface area contributed by atoms with Crippen LogP contribution in [0.25, 0.3) is 0 Å². The van der Waals surface area contributed by atoms with Crippen LogP contribution in [0.4, 0.5) is 0 Å². The number of fused-ring (bicyclic) bond motifs is 2. The van der Waals surface area contributed by atoms with Gasteiger partial charge in [-0.15, -0.1) is 0 Å². The zero-order chi connectivity index (χ0) is 40.1. The molecular formula is C41H68O14. The van der Waals surface area contributed by atoms with Gasteiger partial charge in [0.05, 0.1) is 48.8 Å². The normalized spacial score (nSPS) is 58.7. The highest BCUT2D eigenvalue weighted by molar-refractivity contribution is 5.33. The van der Waals surface area contributed by atoms with Gasteiger partial charge in [-0.2, -0.15) is 0 Å². The third-order valence-corrected chi connectivity index (χ3v) is 17.6. The molecule has 2 spiro atoms. The molecule has 5 saturated carbocycles. The zero-order valence-corrected chi connectivity index (χ0v) is 33.6. The van der Waals surface area contributed by atoms with Crippen LogP contribution < -0.4 is 0 Å². The number of hydrogen-bond acceptors (Lipinski definition) is 14. The molecule has 0 aromatic heterocycles. The lowest BCUT2D eigenvalue weighted by Gasteiger charge is -2.65. The summed E-state index contributed by atoms with van der Waals surface area (Å²) in [6, 6.07) is 0. The first-order chi connectivity index (χ1) is 25.5. The van der Waals surface area contributed by atoms with Gasteiger partial charge in [0.25, 0.3) is 0 Å². The van der Waals surface area contributed by atoms with Crippen molar-refractivity contribution >= 4 is 0 Å².